The van der Waals surface area contributed by atoms with Crippen LogP contribution in [0, 0.1) is 5.41 Å². The molecule has 0 bridgehead atoms. The molecular formula is CH6N3Na. The van der Waals surface area contributed by atoms with Crippen molar-refractivity contribution in [2.45, 2.75) is 0 Å². The Labute approximate surface area is 54.0 Å². The minimum absolute atomic E-state index is 0. The van der Waals surface area contributed by atoms with Gasteiger partial charge in [0.15, 0.2) is 5.96 Å². The van der Waals surface area contributed by atoms with E-state index in [-0.39, 0.29) is 36.9 Å². The quantitative estimate of drug-likeness (QED) is 0.158. The molecule has 0 aromatic heterocycles. The van der Waals surface area contributed by atoms with E-state index in [0.29, 0.717) is 0 Å². The Bertz CT molecular complexity index is 33.8. The fourth-order valence-electron chi connectivity index (χ4n) is 0. The largest absolute Gasteiger partial charge is 1.00 e. The summed E-state index contributed by atoms with van der Waals surface area (Å²) in [6, 6.07) is 0. The van der Waals surface area contributed by atoms with Crippen LogP contribution in [0.3, 0.4) is 0 Å². The maximum atomic E-state index is 6.06. The number of rotatable bonds is 0. The second kappa shape index (κ2) is 4.27. The van der Waals surface area contributed by atoms with Gasteiger partial charge in [0.25, 0.3) is 0 Å². The van der Waals surface area contributed by atoms with E-state index in [1.807, 2.05) is 0 Å². The number of guanidine groups is 1. The van der Waals surface area contributed by atoms with E-state index in [2.05, 4.69) is 11.5 Å². The van der Waals surface area contributed by atoms with Crippen LogP contribution in [0.5, 0.6) is 0 Å². The summed E-state index contributed by atoms with van der Waals surface area (Å²) in [6.45, 7) is 0. The van der Waals surface area contributed by atoms with Gasteiger partial charge in [0.05, 0.1) is 0 Å². The summed E-state index contributed by atoms with van der Waals surface area (Å²) in [4.78, 5) is 0. The Morgan fingerprint density at radius 3 is 1.60 bits per heavy atom. The van der Waals surface area contributed by atoms with Crippen molar-refractivity contribution in [3.05, 3.63) is 0 Å². The van der Waals surface area contributed by atoms with Gasteiger partial charge in [-0.15, -0.1) is 0 Å². The Hall–Kier alpha value is 0.270. The van der Waals surface area contributed by atoms with Gasteiger partial charge < -0.3 is 12.9 Å². The molecule has 26 valence electrons. The number of hydrogen-bond acceptors (Lipinski definition) is 1. The molecule has 4 heteroatoms. The van der Waals surface area contributed by atoms with Crippen LogP contribution in [0.4, 0.5) is 0 Å². The number of hydrogen-bond donors (Lipinski definition) is 3. The molecule has 0 heterocycles. The molecule has 0 radical (unpaired) electrons. The average Bonchev–Trinajstić information content (AvgIpc) is 0.811. The molecule has 0 amide bonds. The third kappa shape index (κ3) is 302. The Morgan fingerprint density at radius 1 is 1.60 bits per heavy atom. The van der Waals surface area contributed by atoms with Crippen LogP contribution in [0.15, 0.2) is 0 Å². The van der Waals surface area contributed by atoms with Crippen molar-refractivity contribution in [3.63, 3.8) is 0 Å². The third-order valence-corrected chi connectivity index (χ3v) is 0. The van der Waals surface area contributed by atoms with Crippen LogP contribution in [0.1, 0.15) is 1.43 Å². The molecule has 5 N–H and O–H groups in total. The van der Waals surface area contributed by atoms with Crippen LogP contribution < -0.4 is 41.0 Å². The first-order valence-corrected chi connectivity index (χ1v) is 0.827. The van der Waals surface area contributed by atoms with E-state index in [1.54, 1.807) is 0 Å². The fourth-order valence-corrected chi connectivity index (χ4v) is 0. The molecule has 5 heavy (non-hydrogen) atoms. The van der Waals surface area contributed by atoms with Gasteiger partial charge in [-0.25, -0.2) is 0 Å². The second-order valence-electron chi connectivity index (χ2n) is 0.455. The first kappa shape index (κ1) is 8.99. The predicted molar refractivity (Wildman–Crippen MR) is 17.2 cm³/mol. The van der Waals surface area contributed by atoms with E-state index in [0.717, 1.165) is 0 Å². The monoisotopic (exact) mass is 83.0 g/mol. The van der Waals surface area contributed by atoms with Crippen molar-refractivity contribution in [2.24, 2.45) is 11.5 Å². The van der Waals surface area contributed by atoms with Crippen molar-refractivity contribution in [1.82, 2.24) is 0 Å². The van der Waals surface area contributed by atoms with Crippen LogP contribution in [0.2, 0.25) is 0 Å². The molecular weight excluding hydrogens is 77.0 g/mol. The van der Waals surface area contributed by atoms with Crippen molar-refractivity contribution in [3.8, 4) is 0 Å². The molecule has 0 spiro atoms. The number of nitrogens with two attached hydrogens (primary N) is 2. The summed E-state index contributed by atoms with van der Waals surface area (Å²) in [5.74, 6) is -0.333. The van der Waals surface area contributed by atoms with E-state index < -0.39 is 0 Å². The molecule has 3 nitrogen and oxygen atoms in total. The summed E-state index contributed by atoms with van der Waals surface area (Å²) < 4.78 is 0. The molecule has 0 aliphatic carbocycles. The second-order valence-corrected chi connectivity index (χ2v) is 0.455. The molecule has 0 aliphatic rings. The minimum atomic E-state index is -0.333. The summed E-state index contributed by atoms with van der Waals surface area (Å²) in [5.41, 5.74) is 8.94. The van der Waals surface area contributed by atoms with E-state index in [4.69, 9.17) is 5.41 Å². The molecule has 0 aromatic rings. The number of nitrogens with one attached hydrogen (secondary N) is 1. The average molecular weight is 83.1 g/mol. The van der Waals surface area contributed by atoms with Gasteiger partial charge in [-0.2, -0.15) is 0 Å². The van der Waals surface area contributed by atoms with Crippen molar-refractivity contribution < 1.29 is 31.0 Å². The molecule has 0 aliphatic heterocycles. The molecule has 0 atom stereocenters. The summed E-state index contributed by atoms with van der Waals surface area (Å²) in [5, 5.41) is 6.06. The molecule has 0 rings (SSSR count). The summed E-state index contributed by atoms with van der Waals surface area (Å²) >= 11 is 0. The first-order valence-electron chi connectivity index (χ1n) is 0.827. The van der Waals surface area contributed by atoms with Crippen LogP contribution in [-0.4, -0.2) is 5.96 Å². The van der Waals surface area contributed by atoms with Crippen molar-refractivity contribution in [1.29, 1.82) is 5.41 Å². The van der Waals surface area contributed by atoms with Gasteiger partial charge in [0, 0.05) is 0 Å². The smallest absolute Gasteiger partial charge is 1.00 e. The van der Waals surface area contributed by atoms with E-state index in [9.17, 15) is 0 Å². The molecule has 0 aromatic carbocycles. The van der Waals surface area contributed by atoms with Crippen molar-refractivity contribution in [2.75, 3.05) is 0 Å². The van der Waals surface area contributed by atoms with Crippen LogP contribution >= 0.6 is 0 Å². The maximum absolute atomic E-state index is 6.06. The molecule has 0 unspecified atom stereocenters. The first-order chi connectivity index (χ1) is 1.73. The van der Waals surface area contributed by atoms with Gasteiger partial charge in [-0.3, -0.25) is 5.41 Å². The van der Waals surface area contributed by atoms with Gasteiger partial charge in [0.1, 0.15) is 0 Å². The Kier molecular flexibility index (Phi) is 7.67. The van der Waals surface area contributed by atoms with E-state index in [1.165, 1.54) is 0 Å². The Morgan fingerprint density at radius 2 is 1.60 bits per heavy atom. The van der Waals surface area contributed by atoms with E-state index >= 15 is 0 Å². The van der Waals surface area contributed by atoms with Crippen LogP contribution in [0.25, 0.3) is 0 Å². The SMILES string of the molecule is N=C(N)N.[H-].[Na+]. The van der Waals surface area contributed by atoms with Gasteiger partial charge in [0.2, 0.25) is 0 Å². The van der Waals surface area contributed by atoms with Crippen LogP contribution in [-0.2, 0) is 0 Å². The zero-order chi connectivity index (χ0) is 3.58. The zero-order valence-corrected chi connectivity index (χ0v) is 5.15. The topological polar surface area (TPSA) is 75.9 Å². The van der Waals surface area contributed by atoms with Gasteiger partial charge in [-0.1, -0.05) is 0 Å². The standard InChI is InChI=1S/CH5N3.Na.H/c2-1(3)4;;/h(H5,2,3,4);;/q;+1;-1. The van der Waals surface area contributed by atoms with Crippen molar-refractivity contribution >= 4 is 5.96 Å². The summed E-state index contributed by atoms with van der Waals surface area (Å²) in [6.07, 6.45) is 0. The van der Waals surface area contributed by atoms with Gasteiger partial charge >= 0.3 is 29.6 Å². The molecule has 0 saturated carbocycles. The fraction of sp³-hybridized carbons (Fsp3) is 0. The third-order valence-electron chi connectivity index (χ3n) is 0. The molecule has 0 saturated heterocycles. The van der Waals surface area contributed by atoms with Gasteiger partial charge in [-0.05, 0) is 0 Å². The predicted octanol–water partition coefficient (Wildman–Crippen LogP) is -4.04. The maximum Gasteiger partial charge on any atom is 1.00 e. The zero-order valence-electron chi connectivity index (χ0n) is 4.15. The molecule has 0 fully saturated rings. The minimum Gasteiger partial charge on any atom is -1.00 e. The summed E-state index contributed by atoms with van der Waals surface area (Å²) in [7, 11) is 0. The normalized spacial score (nSPS) is 4.80. The Balaban J connectivity index is -0.0000000450.